The minimum atomic E-state index is -0.0446. The molecule has 166 valence electrons. The minimum absolute atomic E-state index is 0.0446. The van der Waals surface area contributed by atoms with Gasteiger partial charge in [-0.2, -0.15) is 0 Å². The molecular formula is C25H31ClN2O3. The van der Waals surface area contributed by atoms with Crippen LogP contribution in [0.5, 0.6) is 5.75 Å². The molecular weight excluding hydrogens is 412 g/mol. The van der Waals surface area contributed by atoms with E-state index in [-0.39, 0.29) is 17.9 Å². The van der Waals surface area contributed by atoms with Crippen LogP contribution in [-0.2, 0) is 4.79 Å². The van der Waals surface area contributed by atoms with Crippen molar-refractivity contribution in [3.63, 3.8) is 0 Å². The molecule has 2 aromatic rings. The maximum absolute atomic E-state index is 12.5. The molecule has 0 radical (unpaired) electrons. The van der Waals surface area contributed by atoms with E-state index < -0.39 is 0 Å². The second-order valence-electron chi connectivity index (χ2n) is 8.29. The van der Waals surface area contributed by atoms with Crippen LogP contribution in [0, 0.1) is 0 Å². The van der Waals surface area contributed by atoms with E-state index in [1.807, 2.05) is 47.4 Å². The quantitative estimate of drug-likeness (QED) is 0.582. The average Bonchev–Trinajstić information content (AvgIpc) is 2.78. The third-order valence-corrected chi connectivity index (χ3v) is 5.96. The summed E-state index contributed by atoms with van der Waals surface area (Å²) in [7, 11) is 0. The molecule has 1 aliphatic rings. The molecule has 1 aliphatic heterocycles. The smallest absolute Gasteiger partial charge is 0.251 e. The number of likely N-dealkylation sites (tertiary alicyclic amines) is 1. The van der Waals surface area contributed by atoms with E-state index in [2.05, 4.69) is 19.2 Å². The summed E-state index contributed by atoms with van der Waals surface area (Å²) < 4.78 is 5.65. The van der Waals surface area contributed by atoms with E-state index in [0.717, 1.165) is 12.8 Å². The van der Waals surface area contributed by atoms with Crippen molar-refractivity contribution in [2.24, 2.45) is 0 Å². The van der Waals surface area contributed by atoms with Crippen LogP contribution in [0.1, 0.15) is 61.4 Å². The average molecular weight is 443 g/mol. The lowest BCUT2D eigenvalue weighted by atomic mass is 10.0. The molecule has 0 spiro atoms. The maximum atomic E-state index is 12.5. The predicted molar refractivity (Wildman–Crippen MR) is 124 cm³/mol. The van der Waals surface area contributed by atoms with Crippen LogP contribution >= 0.6 is 11.6 Å². The number of nitrogens with zero attached hydrogens (tertiary/aromatic N) is 1. The van der Waals surface area contributed by atoms with Gasteiger partial charge in [0.15, 0.2) is 0 Å². The van der Waals surface area contributed by atoms with E-state index in [1.54, 1.807) is 6.07 Å². The first-order valence-electron chi connectivity index (χ1n) is 11.0. The number of halogens is 1. The first-order valence-corrected chi connectivity index (χ1v) is 11.4. The van der Waals surface area contributed by atoms with Gasteiger partial charge in [-0.3, -0.25) is 9.59 Å². The van der Waals surface area contributed by atoms with Crippen molar-refractivity contribution in [2.75, 3.05) is 19.7 Å². The van der Waals surface area contributed by atoms with Gasteiger partial charge in [0.05, 0.1) is 11.6 Å². The number of para-hydroxylation sites is 1. The molecule has 6 heteroatoms. The molecule has 0 atom stereocenters. The van der Waals surface area contributed by atoms with Crippen molar-refractivity contribution in [2.45, 2.75) is 51.5 Å². The standard InChI is InChI=1S/C25H31ClN2O3/c1-18(2)19-9-11-20(12-10-19)25(30)27-21-13-15-28(16-14-21)24(29)8-5-17-31-23-7-4-3-6-22(23)26/h3-4,6-7,9-12,18,21H,5,8,13-17H2,1-2H3,(H,27,30). The highest BCUT2D eigenvalue weighted by molar-refractivity contribution is 6.32. The number of rotatable bonds is 8. The van der Waals surface area contributed by atoms with Gasteiger partial charge in [0.2, 0.25) is 5.91 Å². The van der Waals surface area contributed by atoms with E-state index in [1.165, 1.54) is 5.56 Å². The van der Waals surface area contributed by atoms with Crippen LogP contribution in [0.25, 0.3) is 0 Å². The Hall–Kier alpha value is -2.53. The summed E-state index contributed by atoms with van der Waals surface area (Å²) in [4.78, 5) is 26.9. The van der Waals surface area contributed by atoms with Crippen LogP contribution in [0.4, 0.5) is 0 Å². The van der Waals surface area contributed by atoms with Gasteiger partial charge in [0, 0.05) is 31.1 Å². The summed E-state index contributed by atoms with van der Waals surface area (Å²) in [5.74, 6) is 1.18. The van der Waals surface area contributed by atoms with Crippen molar-refractivity contribution < 1.29 is 14.3 Å². The number of nitrogens with one attached hydrogen (secondary N) is 1. The number of carbonyl (C=O) groups excluding carboxylic acids is 2. The Balaban J connectivity index is 1.36. The van der Waals surface area contributed by atoms with Crippen LogP contribution in [0.15, 0.2) is 48.5 Å². The highest BCUT2D eigenvalue weighted by Crippen LogP contribution is 2.23. The molecule has 1 fully saturated rings. The third-order valence-electron chi connectivity index (χ3n) is 5.65. The summed E-state index contributed by atoms with van der Waals surface area (Å²) in [5, 5.41) is 3.69. The molecule has 2 aromatic carbocycles. The molecule has 1 heterocycles. The molecule has 0 saturated carbocycles. The lowest BCUT2D eigenvalue weighted by Crippen LogP contribution is -2.46. The largest absolute Gasteiger partial charge is 0.492 e. The van der Waals surface area contributed by atoms with Crippen LogP contribution in [0.3, 0.4) is 0 Å². The van der Waals surface area contributed by atoms with Gasteiger partial charge in [-0.25, -0.2) is 0 Å². The Morgan fingerprint density at radius 2 is 1.77 bits per heavy atom. The molecule has 0 aliphatic carbocycles. The van der Waals surface area contributed by atoms with Crippen LogP contribution < -0.4 is 10.1 Å². The van der Waals surface area contributed by atoms with Crippen molar-refractivity contribution in [3.05, 3.63) is 64.7 Å². The number of hydrogen-bond donors (Lipinski definition) is 1. The zero-order valence-corrected chi connectivity index (χ0v) is 19.0. The monoisotopic (exact) mass is 442 g/mol. The Morgan fingerprint density at radius 1 is 1.10 bits per heavy atom. The number of carbonyl (C=O) groups is 2. The number of hydrogen-bond acceptors (Lipinski definition) is 3. The second-order valence-corrected chi connectivity index (χ2v) is 8.69. The van der Waals surface area contributed by atoms with Gasteiger partial charge in [-0.1, -0.05) is 49.7 Å². The topological polar surface area (TPSA) is 58.6 Å². The highest BCUT2D eigenvalue weighted by atomic mass is 35.5. The molecule has 2 amide bonds. The number of piperidine rings is 1. The zero-order chi connectivity index (χ0) is 22.2. The zero-order valence-electron chi connectivity index (χ0n) is 18.3. The van der Waals surface area contributed by atoms with Gasteiger partial charge in [0.25, 0.3) is 5.91 Å². The molecule has 0 aromatic heterocycles. The van der Waals surface area contributed by atoms with E-state index in [9.17, 15) is 9.59 Å². The van der Waals surface area contributed by atoms with Gasteiger partial charge in [-0.15, -0.1) is 0 Å². The van der Waals surface area contributed by atoms with E-state index in [0.29, 0.717) is 54.8 Å². The Bertz CT molecular complexity index is 875. The lowest BCUT2D eigenvalue weighted by Gasteiger charge is -2.32. The molecule has 0 bridgehead atoms. The summed E-state index contributed by atoms with van der Waals surface area (Å²) in [5.41, 5.74) is 1.90. The van der Waals surface area contributed by atoms with Gasteiger partial charge in [-0.05, 0) is 55.0 Å². The summed E-state index contributed by atoms with van der Waals surface area (Å²) >= 11 is 6.07. The fourth-order valence-corrected chi connectivity index (χ4v) is 3.88. The van der Waals surface area contributed by atoms with Crippen LogP contribution in [-0.4, -0.2) is 42.5 Å². The Morgan fingerprint density at radius 3 is 2.42 bits per heavy atom. The van der Waals surface area contributed by atoms with Gasteiger partial charge in [0.1, 0.15) is 5.75 Å². The highest BCUT2D eigenvalue weighted by Gasteiger charge is 2.24. The fourth-order valence-electron chi connectivity index (χ4n) is 3.69. The second kappa shape index (κ2) is 11.2. The van der Waals surface area contributed by atoms with E-state index in [4.69, 9.17) is 16.3 Å². The number of ether oxygens (including phenoxy) is 1. The normalized spacial score (nSPS) is 14.5. The summed E-state index contributed by atoms with van der Waals surface area (Å²) in [6.45, 7) is 6.06. The van der Waals surface area contributed by atoms with Gasteiger partial charge >= 0.3 is 0 Å². The first kappa shape index (κ1) is 23.1. The molecule has 1 saturated heterocycles. The number of benzene rings is 2. The van der Waals surface area contributed by atoms with Crippen molar-refractivity contribution in [3.8, 4) is 5.75 Å². The van der Waals surface area contributed by atoms with Crippen molar-refractivity contribution >= 4 is 23.4 Å². The summed E-state index contributed by atoms with van der Waals surface area (Å²) in [6.07, 6.45) is 2.64. The van der Waals surface area contributed by atoms with Gasteiger partial charge < -0.3 is 15.0 Å². The Kier molecular flexibility index (Phi) is 8.35. The summed E-state index contributed by atoms with van der Waals surface area (Å²) in [6, 6.07) is 15.2. The third kappa shape index (κ3) is 6.73. The molecule has 1 N–H and O–H groups in total. The van der Waals surface area contributed by atoms with Crippen molar-refractivity contribution in [1.29, 1.82) is 0 Å². The van der Waals surface area contributed by atoms with Crippen molar-refractivity contribution in [1.82, 2.24) is 10.2 Å². The molecule has 5 nitrogen and oxygen atoms in total. The molecule has 31 heavy (non-hydrogen) atoms. The SMILES string of the molecule is CC(C)c1ccc(C(=O)NC2CCN(C(=O)CCCOc3ccccc3Cl)CC2)cc1. The minimum Gasteiger partial charge on any atom is -0.492 e. The first-order chi connectivity index (χ1) is 14.9. The van der Waals surface area contributed by atoms with E-state index >= 15 is 0 Å². The molecule has 3 rings (SSSR count). The lowest BCUT2D eigenvalue weighted by molar-refractivity contribution is -0.132. The fraction of sp³-hybridized carbons (Fsp3) is 0.440. The van der Waals surface area contributed by atoms with Crippen LogP contribution in [0.2, 0.25) is 5.02 Å². The maximum Gasteiger partial charge on any atom is 0.251 e. The number of amides is 2. The molecule has 0 unspecified atom stereocenters. The predicted octanol–water partition coefficient (Wildman–Crippen LogP) is 5.04. The Labute approximate surface area is 189 Å².